The van der Waals surface area contributed by atoms with E-state index >= 15 is 0 Å². The van der Waals surface area contributed by atoms with Gasteiger partial charge in [0.05, 0.1) is 18.1 Å². The van der Waals surface area contributed by atoms with Crippen molar-refractivity contribution in [3.05, 3.63) is 18.7 Å². The van der Waals surface area contributed by atoms with Crippen LogP contribution in [0.5, 0.6) is 0 Å². The van der Waals surface area contributed by atoms with Crippen molar-refractivity contribution in [2.24, 2.45) is 0 Å². The van der Waals surface area contributed by atoms with Crippen LogP contribution in [0.3, 0.4) is 0 Å². The van der Waals surface area contributed by atoms with Gasteiger partial charge in [0.2, 0.25) is 0 Å². The molecule has 7 heteroatoms. The van der Waals surface area contributed by atoms with Gasteiger partial charge >= 0.3 is 6.03 Å². The van der Waals surface area contributed by atoms with Gasteiger partial charge in [-0.15, -0.1) is 5.10 Å². The Morgan fingerprint density at radius 3 is 2.95 bits per heavy atom. The predicted molar refractivity (Wildman–Crippen MR) is 77.7 cm³/mol. The van der Waals surface area contributed by atoms with E-state index < -0.39 is 5.66 Å². The lowest BCUT2D eigenvalue weighted by Gasteiger charge is -2.47. The highest BCUT2D eigenvalue weighted by Crippen LogP contribution is 2.34. The van der Waals surface area contributed by atoms with Gasteiger partial charge in [0, 0.05) is 26.8 Å². The molecule has 0 radical (unpaired) electrons. The molecule has 1 unspecified atom stereocenters. The van der Waals surface area contributed by atoms with Crippen LogP contribution in [0, 0.1) is 0 Å². The molecule has 1 atom stereocenters. The molecule has 21 heavy (non-hydrogen) atoms. The van der Waals surface area contributed by atoms with E-state index in [1.54, 1.807) is 31.5 Å². The van der Waals surface area contributed by atoms with Crippen LogP contribution in [0.25, 0.3) is 11.4 Å². The number of nitrogens with zero attached hydrogens (tertiary/aromatic N) is 6. The third-order valence-electron chi connectivity index (χ3n) is 4.22. The van der Waals surface area contributed by atoms with Gasteiger partial charge in [0.15, 0.2) is 5.82 Å². The minimum atomic E-state index is -0.405. The first-order chi connectivity index (χ1) is 10.0. The Bertz CT molecular complexity index is 624. The Kier molecular flexibility index (Phi) is 3.27. The number of rotatable bonds is 1. The van der Waals surface area contributed by atoms with E-state index in [1.807, 2.05) is 15.7 Å². The maximum atomic E-state index is 12.5. The fourth-order valence-corrected chi connectivity index (χ4v) is 2.93. The van der Waals surface area contributed by atoms with Crippen LogP contribution in [0.1, 0.15) is 26.2 Å². The maximum Gasteiger partial charge on any atom is 0.321 e. The van der Waals surface area contributed by atoms with E-state index in [4.69, 9.17) is 0 Å². The van der Waals surface area contributed by atoms with Crippen LogP contribution >= 0.6 is 0 Å². The topological polar surface area (TPSA) is 67.2 Å². The molecule has 0 spiro atoms. The number of hydrogen-bond donors (Lipinski definition) is 0. The SMILES string of the molecule is CN(C)C(=O)N1CCCCC1(C)n1cnc2nncc-2c1. The zero-order valence-electron chi connectivity index (χ0n) is 12.7. The zero-order chi connectivity index (χ0) is 15.0. The fraction of sp³-hybridized carbons (Fsp3) is 0.571. The van der Waals surface area contributed by atoms with E-state index in [0.717, 1.165) is 31.4 Å². The van der Waals surface area contributed by atoms with E-state index in [-0.39, 0.29) is 6.03 Å². The molecule has 3 aliphatic rings. The van der Waals surface area contributed by atoms with Crippen molar-refractivity contribution in [1.82, 2.24) is 29.5 Å². The summed E-state index contributed by atoms with van der Waals surface area (Å²) in [5, 5.41) is 7.82. The second-order valence-electron chi connectivity index (χ2n) is 5.91. The van der Waals surface area contributed by atoms with Crippen molar-refractivity contribution in [2.75, 3.05) is 20.6 Å². The lowest BCUT2D eigenvalue weighted by Crippen LogP contribution is -2.56. The number of amides is 2. The molecule has 112 valence electrons. The van der Waals surface area contributed by atoms with E-state index in [1.165, 1.54) is 0 Å². The van der Waals surface area contributed by atoms with Crippen LogP contribution < -0.4 is 0 Å². The monoisotopic (exact) mass is 288 g/mol. The molecule has 3 aliphatic heterocycles. The van der Waals surface area contributed by atoms with Gasteiger partial charge in [-0.05, 0) is 26.2 Å². The molecule has 0 aromatic carbocycles. The van der Waals surface area contributed by atoms with Gasteiger partial charge in [0.25, 0.3) is 0 Å². The quantitative estimate of drug-likeness (QED) is 0.799. The normalized spacial score (nSPS) is 22.5. The summed E-state index contributed by atoms with van der Waals surface area (Å²) in [5.74, 6) is 0.635. The minimum absolute atomic E-state index is 0.0311. The molecule has 2 amide bonds. The first-order valence-corrected chi connectivity index (χ1v) is 7.17. The highest BCUT2D eigenvalue weighted by molar-refractivity contribution is 5.74. The van der Waals surface area contributed by atoms with Crippen molar-refractivity contribution in [2.45, 2.75) is 31.8 Å². The standard InChI is InChI=1S/C14H20N6O/c1-14(6-4-5-7-20(14)13(21)18(2)3)19-9-11-8-16-17-12(11)15-10-19/h8-10H,4-7H2,1-3H3. The number of carbonyl (C=O) groups excluding carboxylic acids is 1. The van der Waals surface area contributed by atoms with Gasteiger partial charge in [-0.3, -0.25) is 0 Å². The van der Waals surface area contributed by atoms with Gasteiger partial charge in [-0.1, -0.05) is 0 Å². The summed E-state index contributed by atoms with van der Waals surface area (Å²) in [6.45, 7) is 2.85. The molecule has 3 rings (SSSR count). The van der Waals surface area contributed by atoms with Crippen LogP contribution in [0.15, 0.2) is 18.7 Å². The van der Waals surface area contributed by atoms with Gasteiger partial charge in [0.1, 0.15) is 5.66 Å². The van der Waals surface area contributed by atoms with Crippen LogP contribution in [-0.4, -0.2) is 56.2 Å². The third kappa shape index (κ3) is 2.22. The summed E-state index contributed by atoms with van der Waals surface area (Å²) in [5.41, 5.74) is 0.486. The Labute approximate surface area is 123 Å². The van der Waals surface area contributed by atoms with Crippen LogP contribution in [0.2, 0.25) is 0 Å². The van der Waals surface area contributed by atoms with Gasteiger partial charge in [-0.2, -0.15) is 5.10 Å². The van der Waals surface area contributed by atoms with Crippen molar-refractivity contribution in [1.29, 1.82) is 0 Å². The lowest BCUT2D eigenvalue weighted by molar-refractivity contribution is 0.0193. The summed E-state index contributed by atoms with van der Waals surface area (Å²) in [7, 11) is 3.57. The molecule has 7 nitrogen and oxygen atoms in total. The van der Waals surface area contributed by atoms with Gasteiger partial charge in [-0.25, -0.2) is 9.78 Å². The molecule has 1 fully saturated rings. The molecule has 3 heterocycles. The Hall–Kier alpha value is -2.18. The highest BCUT2D eigenvalue weighted by Gasteiger charge is 2.39. The number of urea groups is 1. The summed E-state index contributed by atoms with van der Waals surface area (Å²) in [6, 6.07) is 0.0311. The minimum Gasteiger partial charge on any atom is -0.331 e. The lowest BCUT2D eigenvalue weighted by atomic mass is 9.96. The van der Waals surface area contributed by atoms with E-state index in [2.05, 4.69) is 22.1 Å². The third-order valence-corrected chi connectivity index (χ3v) is 4.22. The van der Waals surface area contributed by atoms with E-state index in [0.29, 0.717) is 5.82 Å². The van der Waals surface area contributed by atoms with E-state index in [9.17, 15) is 4.79 Å². The summed E-state index contributed by atoms with van der Waals surface area (Å²) in [4.78, 5) is 20.4. The van der Waals surface area contributed by atoms with Crippen LogP contribution in [-0.2, 0) is 5.66 Å². The average molecular weight is 288 g/mol. The highest BCUT2D eigenvalue weighted by atomic mass is 16.2. The molecular formula is C14H20N6O. The van der Waals surface area contributed by atoms with Gasteiger partial charge < -0.3 is 14.4 Å². The fourth-order valence-electron chi connectivity index (χ4n) is 2.93. The maximum absolute atomic E-state index is 12.5. The molecule has 0 bridgehead atoms. The van der Waals surface area contributed by atoms with Crippen molar-refractivity contribution in [3.8, 4) is 11.4 Å². The first kappa shape index (κ1) is 13.8. The smallest absolute Gasteiger partial charge is 0.321 e. The molecule has 0 aliphatic carbocycles. The number of piperidine rings is 1. The average Bonchev–Trinajstić information content (AvgIpc) is 2.94. The zero-order valence-corrected chi connectivity index (χ0v) is 12.7. The predicted octanol–water partition coefficient (Wildman–Crippen LogP) is 1.62. The Morgan fingerprint density at radius 1 is 1.38 bits per heavy atom. The number of aromatic nitrogens is 4. The molecule has 1 saturated heterocycles. The second-order valence-corrected chi connectivity index (χ2v) is 5.91. The largest absolute Gasteiger partial charge is 0.331 e. The molecule has 0 N–H and O–H groups in total. The second kappa shape index (κ2) is 4.98. The van der Waals surface area contributed by atoms with Crippen molar-refractivity contribution in [3.63, 3.8) is 0 Å². The molecule has 0 aromatic rings. The molecular weight excluding hydrogens is 268 g/mol. The number of likely N-dealkylation sites (tertiary alicyclic amines) is 1. The molecule has 0 aromatic heterocycles. The summed E-state index contributed by atoms with van der Waals surface area (Å²) < 4.78 is 2.01. The summed E-state index contributed by atoms with van der Waals surface area (Å²) >= 11 is 0. The first-order valence-electron chi connectivity index (χ1n) is 7.17. The van der Waals surface area contributed by atoms with Crippen molar-refractivity contribution >= 4 is 6.03 Å². The number of fused-ring (bicyclic) bond motifs is 1. The molecule has 0 saturated carbocycles. The van der Waals surface area contributed by atoms with Crippen molar-refractivity contribution < 1.29 is 4.79 Å². The number of hydrogen-bond acceptors (Lipinski definition) is 4. The Morgan fingerprint density at radius 2 is 2.19 bits per heavy atom. The number of carbonyl (C=O) groups is 1. The summed E-state index contributed by atoms with van der Waals surface area (Å²) in [6.07, 6.45) is 8.46. The Balaban J connectivity index is 2.03. The van der Waals surface area contributed by atoms with Crippen LogP contribution in [0.4, 0.5) is 4.79 Å².